The van der Waals surface area contributed by atoms with Gasteiger partial charge in [0.2, 0.25) is 11.9 Å². The summed E-state index contributed by atoms with van der Waals surface area (Å²) in [6.45, 7) is 0.813. The summed E-state index contributed by atoms with van der Waals surface area (Å²) in [5.74, 6) is -0.741. The van der Waals surface area contributed by atoms with E-state index < -0.39 is 17.9 Å². The van der Waals surface area contributed by atoms with Crippen LogP contribution in [0, 0.1) is 11.7 Å². The summed E-state index contributed by atoms with van der Waals surface area (Å²) in [4.78, 5) is 47.1. The minimum absolute atomic E-state index is 0.00476. The average molecular weight is 665 g/mol. The van der Waals surface area contributed by atoms with Crippen LogP contribution in [0.25, 0.3) is 11.3 Å². The number of unbranched alkanes of at least 4 members (excludes halogenated alkanes) is 1. The number of hydrogen-bond acceptors (Lipinski definition) is 9. The third kappa shape index (κ3) is 10.2. The van der Waals surface area contributed by atoms with Crippen molar-refractivity contribution in [2.75, 3.05) is 31.5 Å². The Morgan fingerprint density at radius 2 is 1.79 bits per heavy atom. The second-order valence-corrected chi connectivity index (χ2v) is 12.6. The van der Waals surface area contributed by atoms with E-state index in [0.29, 0.717) is 69.0 Å². The number of nitrogens with one attached hydrogen (secondary N) is 3. The SMILES string of the molecule is Cn1ncc(-c2nc(NC3CCC(N(CC(=O)NCCCCNCC(=O)O)C(=O)OCc4ccccc4)CC3)ncc2F)c1CC1CC1. The predicted molar refractivity (Wildman–Crippen MR) is 176 cm³/mol. The minimum Gasteiger partial charge on any atom is -0.480 e. The first-order valence-electron chi connectivity index (χ1n) is 16.7. The van der Waals surface area contributed by atoms with Crippen LogP contribution in [0.5, 0.6) is 0 Å². The Morgan fingerprint density at radius 1 is 1.04 bits per heavy atom. The first-order chi connectivity index (χ1) is 23.3. The Labute approximate surface area is 279 Å². The van der Waals surface area contributed by atoms with E-state index in [4.69, 9.17) is 9.84 Å². The van der Waals surface area contributed by atoms with Crippen molar-refractivity contribution in [1.29, 1.82) is 0 Å². The number of rotatable bonds is 17. The van der Waals surface area contributed by atoms with Gasteiger partial charge in [0.05, 0.1) is 18.9 Å². The molecule has 2 heterocycles. The third-order valence-electron chi connectivity index (χ3n) is 8.84. The summed E-state index contributed by atoms with van der Waals surface area (Å²) in [5, 5.41) is 22.1. The van der Waals surface area contributed by atoms with Gasteiger partial charge in [-0.15, -0.1) is 0 Å². The van der Waals surface area contributed by atoms with Crippen LogP contribution in [-0.4, -0.2) is 86.0 Å². The molecule has 0 saturated heterocycles. The number of carboxylic acids is 1. The zero-order valence-electron chi connectivity index (χ0n) is 27.4. The lowest BCUT2D eigenvalue weighted by Gasteiger charge is -2.36. The molecule has 0 unspecified atom stereocenters. The van der Waals surface area contributed by atoms with Crippen LogP contribution < -0.4 is 16.0 Å². The van der Waals surface area contributed by atoms with E-state index in [0.717, 1.165) is 17.7 Å². The van der Waals surface area contributed by atoms with E-state index in [9.17, 15) is 18.8 Å². The molecule has 3 aromatic rings. The molecule has 0 spiro atoms. The lowest BCUT2D eigenvalue weighted by molar-refractivity contribution is -0.136. The standard InChI is InChI=1S/C34H45FN8O5/c1-42-29(17-23-9-10-23)27(18-39-42)32-28(35)19-38-33(41-32)40-25-11-13-26(14-12-25)43(34(47)48-22-24-7-3-2-4-8-24)21-30(44)37-16-6-5-15-36-20-31(45)46/h2-4,7-8,18-19,23,25-26,36H,5-6,9-17,20-22H2,1H3,(H,37,44)(H,45,46)(H,38,40,41). The molecule has 0 bridgehead atoms. The molecule has 2 aromatic heterocycles. The fourth-order valence-electron chi connectivity index (χ4n) is 5.99. The topological polar surface area (TPSA) is 164 Å². The van der Waals surface area contributed by atoms with E-state index in [-0.39, 0.29) is 43.4 Å². The van der Waals surface area contributed by atoms with Crippen molar-refractivity contribution < 1.29 is 28.6 Å². The van der Waals surface area contributed by atoms with Crippen molar-refractivity contribution in [3.05, 3.63) is 59.8 Å². The molecule has 4 N–H and O–H groups in total. The molecule has 0 aliphatic heterocycles. The number of carboxylic acid groups (broad SMARTS) is 1. The Morgan fingerprint density at radius 3 is 2.52 bits per heavy atom. The number of carbonyl (C=O) groups excluding carboxylic acids is 2. The zero-order chi connectivity index (χ0) is 33.9. The van der Waals surface area contributed by atoms with Gasteiger partial charge in [0.25, 0.3) is 0 Å². The number of aliphatic carboxylic acids is 1. The van der Waals surface area contributed by atoms with E-state index in [1.54, 1.807) is 10.9 Å². The van der Waals surface area contributed by atoms with Gasteiger partial charge in [-0.3, -0.25) is 19.2 Å². The van der Waals surface area contributed by atoms with Crippen LogP contribution in [0.15, 0.2) is 42.7 Å². The lowest BCUT2D eigenvalue weighted by Crippen LogP contribution is -2.48. The predicted octanol–water partition coefficient (Wildman–Crippen LogP) is 3.90. The van der Waals surface area contributed by atoms with Gasteiger partial charge in [-0.05, 0) is 75.8 Å². The summed E-state index contributed by atoms with van der Waals surface area (Å²) >= 11 is 0. The largest absolute Gasteiger partial charge is 0.480 e. The summed E-state index contributed by atoms with van der Waals surface area (Å²) in [5.41, 5.74) is 2.75. The van der Waals surface area contributed by atoms with E-state index in [2.05, 4.69) is 31.0 Å². The highest BCUT2D eigenvalue weighted by atomic mass is 19.1. The number of anilines is 1. The number of amides is 2. The number of ether oxygens (including phenoxy) is 1. The zero-order valence-corrected chi connectivity index (χ0v) is 27.4. The molecular weight excluding hydrogens is 619 g/mol. The highest BCUT2D eigenvalue weighted by Crippen LogP contribution is 2.36. The maximum absolute atomic E-state index is 14.9. The van der Waals surface area contributed by atoms with Crippen molar-refractivity contribution in [3.8, 4) is 11.3 Å². The number of halogens is 1. The Balaban J connectivity index is 1.16. The van der Waals surface area contributed by atoms with Crippen LogP contribution >= 0.6 is 0 Å². The second-order valence-electron chi connectivity index (χ2n) is 12.6. The van der Waals surface area contributed by atoms with Gasteiger partial charge in [0.15, 0.2) is 5.82 Å². The molecule has 48 heavy (non-hydrogen) atoms. The van der Waals surface area contributed by atoms with Gasteiger partial charge in [-0.25, -0.2) is 19.2 Å². The number of nitrogens with zero attached hydrogens (tertiary/aromatic N) is 5. The van der Waals surface area contributed by atoms with Crippen LogP contribution in [0.1, 0.15) is 62.6 Å². The fraction of sp³-hybridized carbons (Fsp3) is 0.529. The number of aromatic nitrogens is 4. The Hall–Kier alpha value is -4.59. The smallest absolute Gasteiger partial charge is 0.410 e. The molecular formula is C34H45FN8O5. The molecule has 2 saturated carbocycles. The molecule has 2 amide bonds. The van der Waals surface area contributed by atoms with Crippen molar-refractivity contribution >= 4 is 23.9 Å². The van der Waals surface area contributed by atoms with Gasteiger partial charge in [-0.1, -0.05) is 30.3 Å². The van der Waals surface area contributed by atoms with Crippen molar-refractivity contribution in [2.24, 2.45) is 13.0 Å². The maximum atomic E-state index is 14.9. The second kappa shape index (κ2) is 17.0. The summed E-state index contributed by atoms with van der Waals surface area (Å²) in [7, 11) is 1.87. The maximum Gasteiger partial charge on any atom is 0.410 e. The quantitative estimate of drug-likeness (QED) is 0.156. The van der Waals surface area contributed by atoms with E-state index >= 15 is 0 Å². The fourth-order valence-corrected chi connectivity index (χ4v) is 5.99. The third-order valence-corrected chi connectivity index (χ3v) is 8.84. The molecule has 2 fully saturated rings. The summed E-state index contributed by atoms with van der Waals surface area (Å²) in [6, 6.07) is 9.18. The Bertz CT molecular complexity index is 1520. The first-order valence-corrected chi connectivity index (χ1v) is 16.7. The minimum atomic E-state index is -0.913. The van der Waals surface area contributed by atoms with E-state index in [1.807, 2.05) is 37.4 Å². The summed E-state index contributed by atoms with van der Waals surface area (Å²) in [6.07, 6.45) is 9.51. The number of hydrogen-bond donors (Lipinski definition) is 4. The van der Waals surface area contributed by atoms with Crippen molar-refractivity contribution in [3.63, 3.8) is 0 Å². The molecule has 13 nitrogen and oxygen atoms in total. The van der Waals surface area contributed by atoms with Gasteiger partial charge in [-0.2, -0.15) is 5.10 Å². The number of aryl methyl sites for hydroxylation is 1. The monoisotopic (exact) mass is 664 g/mol. The van der Waals surface area contributed by atoms with Crippen LogP contribution in [0.3, 0.4) is 0 Å². The highest BCUT2D eigenvalue weighted by Gasteiger charge is 2.32. The van der Waals surface area contributed by atoms with Gasteiger partial charge in [0, 0.05) is 36.9 Å². The first kappa shape index (κ1) is 34.7. The molecule has 2 aliphatic rings. The van der Waals surface area contributed by atoms with Gasteiger partial charge >= 0.3 is 12.1 Å². The van der Waals surface area contributed by atoms with E-state index in [1.165, 1.54) is 23.9 Å². The van der Waals surface area contributed by atoms with Crippen molar-refractivity contribution in [2.45, 2.75) is 76.5 Å². The van der Waals surface area contributed by atoms with Crippen LogP contribution in [-0.2, 0) is 34.4 Å². The molecule has 14 heteroatoms. The van der Waals surface area contributed by atoms with Gasteiger partial charge < -0.3 is 25.8 Å². The average Bonchev–Trinajstić information content (AvgIpc) is 3.84. The van der Waals surface area contributed by atoms with Crippen molar-refractivity contribution in [1.82, 2.24) is 35.3 Å². The van der Waals surface area contributed by atoms with Crippen LogP contribution in [0.4, 0.5) is 15.1 Å². The lowest BCUT2D eigenvalue weighted by atomic mass is 9.90. The summed E-state index contributed by atoms with van der Waals surface area (Å²) < 4.78 is 22.4. The number of benzene rings is 1. The molecule has 2 aliphatic carbocycles. The Kier molecular flexibility index (Phi) is 12.3. The normalized spacial score (nSPS) is 17.5. The number of carbonyl (C=O) groups is 3. The van der Waals surface area contributed by atoms with Gasteiger partial charge in [0.1, 0.15) is 18.8 Å². The van der Waals surface area contributed by atoms with Crippen LogP contribution in [0.2, 0.25) is 0 Å². The highest BCUT2D eigenvalue weighted by molar-refractivity contribution is 5.82. The molecule has 5 rings (SSSR count). The molecule has 0 atom stereocenters. The molecule has 1 aromatic carbocycles. The molecule has 0 radical (unpaired) electrons. The molecule has 258 valence electrons.